The second-order valence-electron chi connectivity index (χ2n) is 12.8. The molecule has 1 aromatic carbocycles. The van der Waals surface area contributed by atoms with Crippen LogP contribution in [0, 0.1) is 5.92 Å². The van der Waals surface area contributed by atoms with Crippen LogP contribution < -0.4 is 43.4 Å². The zero-order chi connectivity index (χ0) is 40.4. The lowest BCUT2D eigenvalue weighted by Crippen LogP contribution is -2.57. The van der Waals surface area contributed by atoms with Gasteiger partial charge in [-0.1, -0.05) is 26.0 Å². The average molecular weight is 751 g/mol. The zero-order valence-corrected chi connectivity index (χ0v) is 30.0. The number of hydrogen-bond acceptors (Lipinski definition) is 11. The van der Waals surface area contributed by atoms with E-state index >= 15 is 0 Å². The fourth-order valence-corrected chi connectivity index (χ4v) is 4.64. The van der Waals surface area contributed by atoms with Gasteiger partial charge in [0.05, 0.1) is 12.6 Å². The van der Waals surface area contributed by atoms with E-state index in [9.17, 15) is 53.4 Å². The maximum Gasteiger partial charge on any atom is 0.325 e. The molecule has 294 valence electrons. The topological polar surface area (TPSA) is 339 Å². The molecule has 0 aliphatic carbocycles. The van der Waals surface area contributed by atoms with Gasteiger partial charge >= 0.3 is 11.9 Å². The summed E-state index contributed by atoms with van der Waals surface area (Å²) in [6.07, 6.45) is -1.43. The van der Waals surface area contributed by atoms with E-state index in [2.05, 4.69) is 31.9 Å². The summed E-state index contributed by atoms with van der Waals surface area (Å²) in [5, 5.41) is 41.7. The highest BCUT2D eigenvalue weighted by Crippen LogP contribution is 2.12. The van der Waals surface area contributed by atoms with Gasteiger partial charge in [0.15, 0.2) is 0 Å². The van der Waals surface area contributed by atoms with Crippen molar-refractivity contribution in [2.45, 2.75) is 102 Å². The van der Waals surface area contributed by atoms with Crippen molar-refractivity contribution in [2.75, 3.05) is 6.54 Å². The summed E-state index contributed by atoms with van der Waals surface area (Å²) in [6.45, 7) is 5.24. The van der Waals surface area contributed by atoms with E-state index in [1.807, 2.05) is 0 Å². The van der Waals surface area contributed by atoms with Crippen LogP contribution in [0.4, 0.5) is 0 Å². The van der Waals surface area contributed by atoms with E-state index in [0.29, 0.717) is 5.56 Å². The summed E-state index contributed by atoms with van der Waals surface area (Å²) in [6, 6.07) is -1.68. The van der Waals surface area contributed by atoms with E-state index < -0.39 is 109 Å². The van der Waals surface area contributed by atoms with Crippen molar-refractivity contribution in [3.05, 3.63) is 29.8 Å². The van der Waals surface area contributed by atoms with Gasteiger partial charge in [-0.25, -0.2) is 0 Å². The number of nitrogens with one attached hydrogen (secondary N) is 6. The number of aliphatic carboxylic acids is 2. The van der Waals surface area contributed by atoms with Crippen LogP contribution in [-0.2, 0) is 49.6 Å². The molecule has 0 fully saturated rings. The number of carbonyl (C=O) groups is 9. The third-order valence-electron chi connectivity index (χ3n) is 7.58. The minimum absolute atomic E-state index is 0.0266. The molecule has 20 nitrogen and oxygen atoms in total. The molecule has 13 N–H and O–H groups in total. The molecule has 53 heavy (non-hydrogen) atoms. The largest absolute Gasteiger partial charge is 0.508 e. The fraction of sp³-hybridized carbons (Fsp3) is 0.545. The fourth-order valence-electron chi connectivity index (χ4n) is 4.64. The Kier molecular flexibility index (Phi) is 19.0. The lowest BCUT2D eigenvalue weighted by molar-refractivity contribution is -0.141. The molecule has 0 aliphatic heterocycles. The molecular formula is C33H50N8O12. The molecule has 0 radical (unpaired) electrons. The molecule has 0 unspecified atom stereocenters. The maximum absolute atomic E-state index is 13.4. The standard InChI is InChI=1S/C33H50N8O12/c1-16(2)13-24(41-29(48)21(34)14-19-5-7-20(42)8-6-19)32(51)40-22(10-12-27(45)46)30(49)36-15-26(44)39-23(9-11-25(35)43)31(50)37-17(3)28(47)38-18(4)33(52)53/h5-8,16-18,21-24,42H,9-15,34H2,1-4H3,(H2,35,43)(H,36,49)(H,37,50)(H,38,47)(H,39,44)(H,40,51)(H,41,48)(H,45,46)(H,52,53)/t17-,18-,21-,22-,23-,24-/m0/s1. The Morgan fingerprint density at radius 2 is 1.19 bits per heavy atom. The summed E-state index contributed by atoms with van der Waals surface area (Å²) < 4.78 is 0. The van der Waals surface area contributed by atoms with Crippen LogP contribution in [0.3, 0.4) is 0 Å². The van der Waals surface area contributed by atoms with Crippen molar-refractivity contribution >= 4 is 53.3 Å². The van der Waals surface area contributed by atoms with E-state index in [1.165, 1.54) is 26.0 Å². The molecule has 20 heteroatoms. The molecule has 7 amide bonds. The highest BCUT2D eigenvalue weighted by molar-refractivity contribution is 5.96. The van der Waals surface area contributed by atoms with E-state index in [0.717, 1.165) is 0 Å². The molecular weight excluding hydrogens is 700 g/mol. The predicted octanol–water partition coefficient (Wildman–Crippen LogP) is -2.90. The number of hydrogen-bond donors (Lipinski definition) is 11. The first kappa shape index (κ1) is 45.2. The molecule has 0 heterocycles. The molecule has 6 atom stereocenters. The minimum Gasteiger partial charge on any atom is -0.508 e. The SMILES string of the molecule is CC(C)C[C@H](NC(=O)[C@@H](N)Cc1ccc(O)cc1)C(=O)N[C@@H](CCC(=O)O)C(=O)NCC(=O)N[C@@H](CCC(N)=O)C(=O)N[C@@H](C)C(=O)N[C@@H](C)C(=O)O. The Labute approximate surface area is 305 Å². The van der Waals surface area contributed by atoms with Crippen LogP contribution in [0.1, 0.15) is 65.4 Å². The Bertz CT molecular complexity index is 1490. The molecule has 0 saturated carbocycles. The first-order chi connectivity index (χ1) is 24.7. The highest BCUT2D eigenvalue weighted by atomic mass is 16.4. The number of aromatic hydroxyl groups is 1. The van der Waals surface area contributed by atoms with Crippen molar-refractivity contribution in [1.82, 2.24) is 31.9 Å². The number of amides is 7. The van der Waals surface area contributed by atoms with Gasteiger partial charge in [-0.15, -0.1) is 0 Å². The van der Waals surface area contributed by atoms with Crippen LogP contribution >= 0.6 is 0 Å². The summed E-state index contributed by atoms with van der Waals surface area (Å²) in [4.78, 5) is 111. The third-order valence-corrected chi connectivity index (χ3v) is 7.58. The number of carboxylic acid groups (broad SMARTS) is 2. The lowest BCUT2D eigenvalue weighted by Gasteiger charge is -2.25. The van der Waals surface area contributed by atoms with Crippen molar-refractivity contribution < 1.29 is 58.5 Å². The number of nitrogens with two attached hydrogens (primary N) is 2. The second kappa shape index (κ2) is 22.2. The Morgan fingerprint density at radius 3 is 1.74 bits per heavy atom. The molecule has 1 rings (SSSR count). The quantitative estimate of drug-likeness (QED) is 0.0536. The van der Waals surface area contributed by atoms with Crippen molar-refractivity contribution in [3.8, 4) is 5.75 Å². The van der Waals surface area contributed by atoms with Crippen LogP contribution in [0.15, 0.2) is 24.3 Å². The van der Waals surface area contributed by atoms with Crippen molar-refractivity contribution in [2.24, 2.45) is 17.4 Å². The zero-order valence-electron chi connectivity index (χ0n) is 30.0. The van der Waals surface area contributed by atoms with E-state index in [1.54, 1.807) is 26.0 Å². The maximum atomic E-state index is 13.4. The normalized spacial score (nSPS) is 14.2. The Balaban J connectivity index is 2.99. The summed E-state index contributed by atoms with van der Waals surface area (Å²) in [7, 11) is 0. The Morgan fingerprint density at radius 1 is 0.660 bits per heavy atom. The van der Waals surface area contributed by atoms with Crippen molar-refractivity contribution in [3.63, 3.8) is 0 Å². The molecule has 0 spiro atoms. The van der Waals surface area contributed by atoms with E-state index in [4.69, 9.17) is 16.6 Å². The van der Waals surface area contributed by atoms with Gasteiger partial charge in [-0.05, 0) is 63.1 Å². The minimum atomic E-state index is -1.48. The molecule has 0 saturated heterocycles. The first-order valence-electron chi connectivity index (χ1n) is 16.7. The van der Waals surface area contributed by atoms with Gasteiger partial charge in [-0.2, -0.15) is 0 Å². The third kappa shape index (κ3) is 17.8. The summed E-state index contributed by atoms with van der Waals surface area (Å²) in [5.41, 5.74) is 11.9. The van der Waals surface area contributed by atoms with Crippen LogP contribution in [0.25, 0.3) is 0 Å². The number of carbonyl (C=O) groups excluding carboxylic acids is 7. The Hall–Kier alpha value is -5.79. The number of carboxylic acids is 2. The molecule has 1 aromatic rings. The molecule has 0 aliphatic rings. The van der Waals surface area contributed by atoms with Gasteiger partial charge < -0.3 is 58.7 Å². The summed E-state index contributed by atoms with van der Waals surface area (Å²) >= 11 is 0. The van der Waals surface area contributed by atoms with Gasteiger partial charge in [0.2, 0.25) is 41.4 Å². The van der Waals surface area contributed by atoms with Crippen molar-refractivity contribution in [1.29, 1.82) is 0 Å². The van der Waals surface area contributed by atoms with Crippen LogP contribution in [-0.4, -0.2) is 111 Å². The predicted molar refractivity (Wildman–Crippen MR) is 186 cm³/mol. The second-order valence-corrected chi connectivity index (χ2v) is 12.8. The molecule has 0 aromatic heterocycles. The van der Waals surface area contributed by atoms with Gasteiger partial charge in [0.25, 0.3) is 0 Å². The smallest absolute Gasteiger partial charge is 0.325 e. The number of rotatable bonds is 23. The lowest BCUT2D eigenvalue weighted by atomic mass is 10.0. The molecule has 0 bridgehead atoms. The first-order valence-corrected chi connectivity index (χ1v) is 16.7. The summed E-state index contributed by atoms with van der Waals surface area (Å²) in [5.74, 6) is -8.70. The average Bonchev–Trinajstić information content (AvgIpc) is 3.07. The van der Waals surface area contributed by atoms with Gasteiger partial charge in [-0.3, -0.25) is 43.2 Å². The number of primary amides is 1. The van der Waals surface area contributed by atoms with Crippen LogP contribution in [0.2, 0.25) is 0 Å². The number of benzene rings is 1. The number of phenolic OH excluding ortho intramolecular Hbond substituents is 1. The van der Waals surface area contributed by atoms with Gasteiger partial charge in [0.1, 0.15) is 36.0 Å². The van der Waals surface area contributed by atoms with Crippen LogP contribution in [0.5, 0.6) is 5.75 Å². The highest BCUT2D eigenvalue weighted by Gasteiger charge is 2.30. The van der Waals surface area contributed by atoms with E-state index in [-0.39, 0.29) is 37.4 Å². The van der Waals surface area contributed by atoms with Gasteiger partial charge in [0, 0.05) is 12.8 Å². The monoisotopic (exact) mass is 750 g/mol. The number of phenols is 1.